The summed E-state index contributed by atoms with van der Waals surface area (Å²) in [5.41, 5.74) is 1.31. The molecule has 150 valence electrons. The summed E-state index contributed by atoms with van der Waals surface area (Å²) in [6.45, 7) is 1.74. The van der Waals surface area contributed by atoms with Gasteiger partial charge in [-0.25, -0.2) is 12.8 Å². The van der Waals surface area contributed by atoms with Crippen molar-refractivity contribution in [2.24, 2.45) is 0 Å². The van der Waals surface area contributed by atoms with Gasteiger partial charge >= 0.3 is 0 Å². The number of hydrogen-bond acceptors (Lipinski definition) is 4. The van der Waals surface area contributed by atoms with Gasteiger partial charge in [-0.2, -0.15) is 0 Å². The molecule has 0 aliphatic heterocycles. The maximum Gasteiger partial charge on any atom is 0.261 e. The smallest absolute Gasteiger partial charge is 0.261 e. The summed E-state index contributed by atoms with van der Waals surface area (Å²) in [6.07, 6.45) is 2.95. The highest BCUT2D eigenvalue weighted by Gasteiger charge is 2.17. The Balaban J connectivity index is 1.70. The number of amides is 1. The second kappa shape index (κ2) is 8.59. The number of nitrogens with one attached hydrogen (secondary N) is 2. The molecule has 1 atom stereocenters. The monoisotopic (exact) mass is 433 g/mol. The molecule has 1 aromatic heterocycles. The quantitative estimate of drug-likeness (QED) is 0.610. The van der Waals surface area contributed by atoms with Crippen LogP contribution in [0, 0.1) is 5.82 Å². The van der Waals surface area contributed by atoms with Crippen LogP contribution in [0.4, 0.5) is 10.1 Å². The molecule has 0 aliphatic rings. The van der Waals surface area contributed by atoms with Gasteiger partial charge in [-0.1, -0.05) is 17.7 Å². The molecule has 3 aromatic rings. The van der Waals surface area contributed by atoms with Gasteiger partial charge in [0, 0.05) is 18.0 Å². The molecular weight excluding hydrogens is 417 g/mol. The van der Waals surface area contributed by atoms with Crippen LogP contribution in [0.15, 0.2) is 71.9 Å². The van der Waals surface area contributed by atoms with Gasteiger partial charge in [0.1, 0.15) is 5.82 Å². The van der Waals surface area contributed by atoms with Gasteiger partial charge < -0.3 is 5.32 Å². The lowest BCUT2D eigenvalue weighted by atomic mass is 10.1. The fourth-order valence-corrected chi connectivity index (χ4v) is 3.81. The Morgan fingerprint density at radius 3 is 2.34 bits per heavy atom. The summed E-state index contributed by atoms with van der Waals surface area (Å²) in [7, 11) is -3.79. The molecule has 1 amide bonds. The van der Waals surface area contributed by atoms with E-state index < -0.39 is 27.8 Å². The van der Waals surface area contributed by atoms with Gasteiger partial charge in [0.2, 0.25) is 0 Å². The number of hydrogen-bond donors (Lipinski definition) is 2. The molecule has 0 bridgehead atoms. The van der Waals surface area contributed by atoms with Crippen molar-refractivity contribution in [3.63, 3.8) is 0 Å². The first kappa shape index (κ1) is 20.8. The highest BCUT2D eigenvalue weighted by molar-refractivity contribution is 7.92. The maximum absolute atomic E-state index is 13.3. The fraction of sp³-hybridized carbons (Fsp3) is 0.100. The fourth-order valence-electron chi connectivity index (χ4n) is 2.56. The Hall–Kier alpha value is -2.97. The normalized spacial score (nSPS) is 12.2. The molecule has 1 unspecified atom stereocenters. The minimum atomic E-state index is -3.79. The van der Waals surface area contributed by atoms with Crippen molar-refractivity contribution >= 4 is 33.2 Å². The van der Waals surface area contributed by atoms with Crippen molar-refractivity contribution in [2.75, 3.05) is 4.72 Å². The van der Waals surface area contributed by atoms with E-state index in [1.165, 1.54) is 67.0 Å². The second-order valence-electron chi connectivity index (χ2n) is 6.23. The van der Waals surface area contributed by atoms with E-state index in [0.717, 1.165) is 0 Å². The van der Waals surface area contributed by atoms with E-state index in [1.54, 1.807) is 6.92 Å². The van der Waals surface area contributed by atoms with E-state index in [-0.39, 0.29) is 15.5 Å². The van der Waals surface area contributed by atoms with Crippen molar-refractivity contribution in [1.29, 1.82) is 0 Å². The van der Waals surface area contributed by atoms with Crippen molar-refractivity contribution in [3.8, 4) is 0 Å². The van der Waals surface area contributed by atoms with Crippen molar-refractivity contribution < 1.29 is 17.6 Å². The van der Waals surface area contributed by atoms with Gasteiger partial charge in [0.05, 0.1) is 21.6 Å². The predicted octanol–water partition coefficient (Wildman–Crippen LogP) is 4.17. The predicted molar refractivity (Wildman–Crippen MR) is 109 cm³/mol. The molecule has 6 nitrogen and oxygen atoms in total. The third-order valence-electron chi connectivity index (χ3n) is 4.15. The summed E-state index contributed by atoms with van der Waals surface area (Å²) in [5.74, 6) is -0.935. The van der Waals surface area contributed by atoms with Crippen LogP contribution in [-0.4, -0.2) is 19.3 Å². The van der Waals surface area contributed by atoms with Crippen LogP contribution in [0.25, 0.3) is 0 Å². The summed E-state index contributed by atoms with van der Waals surface area (Å²) in [6, 6.07) is 12.4. The minimum Gasteiger partial charge on any atom is -0.346 e. The summed E-state index contributed by atoms with van der Waals surface area (Å²) >= 11 is 5.78. The average molecular weight is 434 g/mol. The van der Waals surface area contributed by atoms with Crippen LogP contribution in [0.5, 0.6) is 0 Å². The number of sulfonamides is 1. The first-order chi connectivity index (χ1) is 13.8. The standard InChI is InChI=1S/C20H17ClFN3O3S/c1-13(15-4-7-19(22)18(21)12-15)24-20(26)14-2-5-17(6-3-14)29(27,28)25-16-8-10-23-11-9-16/h2-13H,1H3,(H,23,25)(H,24,26). The lowest BCUT2D eigenvalue weighted by Gasteiger charge is -2.15. The summed E-state index contributed by atoms with van der Waals surface area (Å²) in [4.78, 5) is 16.3. The molecule has 1 heterocycles. The van der Waals surface area contributed by atoms with E-state index in [4.69, 9.17) is 11.6 Å². The number of halogens is 2. The number of benzene rings is 2. The van der Waals surface area contributed by atoms with Crippen LogP contribution in [0.3, 0.4) is 0 Å². The molecule has 0 aliphatic carbocycles. The van der Waals surface area contributed by atoms with E-state index in [1.807, 2.05) is 0 Å². The summed E-state index contributed by atoms with van der Waals surface area (Å²) in [5, 5.41) is 2.74. The largest absolute Gasteiger partial charge is 0.346 e. The zero-order valence-electron chi connectivity index (χ0n) is 15.3. The van der Waals surface area contributed by atoms with Crippen molar-refractivity contribution in [1.82, 2.24) is 10.3 Å². The second-order valence-corrected chi connectivity index (χ2v) is 8.32. The van der Waals surface area contributed by atoms with Gasteiger partial charge in [0.25, 0.3) is 15.9 Å². The Labute approximate surface area is 172 Å². The number of nitrogens with zero attached hydrogens (tertiary/aromatic N) is 1. The van der Waals surface area contributed by atoms with Crippen LogP contribution in [0.2, 0.25) is 5.02 Å². The zero-order valence-corrected chi connectivity index (χ0v) is 16.8. The van der Waals surface area contributed by atoms with E-state index in [2.05, 4.69) is 15.0 Å². The molecule has 0 radical (unpaired) electrons. The maximum atomic E-state index is 13.3. The highest BCUT2D eigenvalue weighted by atomic mass is 35.5. The molecule has 0 fully saturated rings. The zero-order chi connectivity index (χ0) is 21.0. The molecule has 2 aromatic carbocycles. The van der Waals surface area contributed by atoms with Gasteiger partial charge in [-0.15, -0.1) is 0 Å². The third-order valence-corrected chi connectivity index (χ3v) is 5.84. The Bertz CT molecular complexity index is 1120. The molecule has 0 spiro atoms. The van der Waals surface area contributed by atoms with Gasteiger partial charge in [-0.05, 0) is 61.0 Å². The molecule has 0 saturated carbocycles. The van der Waals surface area contributed by atoms with Gasteiger partial charge in [-0.3, -0.25) is 14.5 Å². The average Bonchev–Trinajstić information content (AvgIpc) is 2.70. The van der Waals surface area contributed by atoms with E-state index >= 15 is 0 Å². The number of anilines is 1. The molecule has 9 heteroatoms. The van der Waals surface area contributed by atoms with E-state index in [9.17, 15) is 17.6 Å². The molecule has 0 saturated heterocycles. The van der Waals surface area contributed by atoms with Crippen LogP contribution in [0.1, 0.15) is 28.9 Å². The first-order valence-corrected chi connectivity index (χ1v) is 10.4. The third kappa shape index (κ3) is 5.10. The highest BCUT2D eigenvalue weighted by Crippen LogP contribution is 2.21. The number of aromatic nitrogens is 1. The molecule has 29 heavy (non-hydrogen) atoms. The molecular formula is C20H17ClFN3O3S. The van der Waals surface area contributed by atoms with Crippen molar-refractivity contribution in [3.05, 3.63) is 89.0 Å². The Morgan fingerprint density at radius 2 is 1.72 bits per heavy atom. The van der Waals surface area contributed by atoms with Crippen LogP contribution >= 0.6 is 11.6 Å². The van der Waals surface area contributed by atoms with E-state index in [0.29, 0.717) is 11.3 Å². The first-order valence-electron chi connectivity index (χ1n) is 8.55. The number of carbonyl (C=O) groups is 1. The lowest BCUT2D eigenvalue weighted by Crippen LogP contribution is -2.26. The van der Waals surface area contributed by atoms with Crippen molar-refractivity contribution in [2.45, 2.75) is 17.9 Å². The number of rotatable bonds is 6. The van der Waals surface area contributed by atoms with Crippen LogP contribution < -0.4 is 10.0 Å². The topological polar surface area (TPSA) is 88.2 Å². The van der Waals surface area contributed by atoms with Crippen LogP contribution in [-0.2, 0) is 10.0 Å². The lowest BCUT2D eigenvalue weighted by molar-refractivity contribution is 0.0940. The minimum absolute atomic E-state index is 0.0178. The van der Waals surface area contributed by atoms with Gasteiger partial charge in [0.15, 0.2) is 0 Å². The summed E-state index contributed by atoms with van der Waals surface area (Å²) < 4.78 is 40.6. The number of carbonyl (C=O) groups excluding carboxylic acids is 1. The Kier molecular flexibility index (Phi) is 6.14. The Morgan fingerprint density at radius 1 is 1.07 bits per heavy atom. The SMILES string of the molecule is CC(NC(=O)c1ccc(S(=O)(=O)Nc2ccncc2)cc1)c1ccc(F)c(Cl)c1. The molecule has 2 N–H and O–H groups in total. The molecule has 3 rings (SSSR count). The number of pyridine rings is 1.